The van der Waals surface area contributed by atoms with Crippen LogP contribution in [-0.2, 0) is 9.53 Å². The monoisotopic (exact) mass is 398 g/mol. The summed E-state index contributed by atoms with van der Waals surface area (Å²) in [7, 11) is 0. The van der Waals surface area contributed by atoms with Crippen molar-refractivity contribution in [2.24, 2.45) is 0 Å². The first-order valence-electron chi connectivity index (χ1n) is 8.70. The van der Waals surface area contributed by atoms with E-state index in [9.17, 15) is 9.59 Å². The van der Waals surface area contributed by atoms with Crippen LogP contribution in [0.25, 0.3) is 11.3 Å². The lowest BCUT2D eigenvalue weighted by atomic mass is 10.1. The molecule has 7 heteroatoms. The molecular weight excluding hydrogens is 380 g/mol. The lowest BCUT2D eigenvalue weighted by Gasteiger charge is -2.14. The fourth-order valence-corrected chi connectivity index (χ4v) is 2.99. The van der Waals surface area contributed by atoms with E-state index in [-0.39, 0.29) is 23.1 Å². The standard InChI is InChI=1S/C21H19ClN2O4/c1-13(15-8-4-3-5-9-15)23-18(25)12-27-21(26)19-14(2)28-24-20(19)16-10-6-7-11-17(16)22/h3-11,13H,12H2,1-2H3,(H,23,25)/t13-/m0/s1. The first-order valence-corrected chi connectivity index (χ1v) is 9.07. The minimum absolute atomic E-state index is 0.150. The number of aromatic nitrogens is 1. The highest BCUT2D eigenvalue weighted by Crippen LogP contribution is 2.31. The van der Waals surface area contributed by atoms with Crippen molar-refractivity contribution in [2.45, 2.75) is 19.9 Å². The molecule has 1 heterocycles. The van der Waals surface area contributed by atoms with Crippen LogP contribution in [0.5, 0.6) is 0 Å². The molecule has 28 heavy (non-hydrogen) atoms. The quantitative estimate of drug-likeness (QED) is 0.625. The number of benzene rings is 2. The maximum atomic E-state index is 12.5. The van der Waals surface area contributed by atoms with E-state index in [4.69, 9.17) is 20.9 Å². The average molecular weight is 399 g/mol. The Morgan fingerprint density at radius 1 is 1.14 bits per heavy atom. The number of esters is 1. The van der Waals surface area contributed by atoms with Crippen molar-refractivity contribution in [1.82, 2.24) is 10.5 Å². The van der Waals surface area contributed by atoms with E-state index < -0.39 is 18.5 Å². The first kappa shape index (κ1) is 19.6. The second-order valence-corrected chi connectivity index (χ2v) is 6.63. The summed E-state index contributed by atoms with van der Waals surface area (Å²) >= 11 is 6.19. The van der Waals surface area contributed by atoms with E-state index in [0.717, 1.165) is 5.56 Å². The molecule has 0 bridgehead atoms. The van der Waals surface area contributed by atoms with Gasteiger partial charge in [-0.15, -0.1) is 0 Å². The van der Waals surface area contributed by atoms with E-state index in [1.807, 2.05) is 37.3 Å². The summed E-state index contributed by atoms with van der Waals surface area (Å²) in [6.07, 6.45) is 0. The highest BCUT2D eigenvalue weighted by molar-refractivity contribution is 6.33. The summed E-state index contributed by atoms with van der Waals surface area (Å²) in [6, 6.07) is 16.3. The van der Waals surface area contributed by atoms with Gasteiger partial charge in [0.05, 0.1) is 11.1 Å². The van der Waals surface area contributed by atoms with Gasteiger partial charge in [0.2, 0.25) is 0 Å². The molecule has 144 valence electrons. The van der Waals surface area contributed by atoms with Crippen LogP contribution in [0.4, 0.5) is 0 Å². The van der Waals surface area contributed by atoms with Gasteiger partial charge in [-0.2, -0.15) is 0 Å². The number of hydrogen-bond donors (Lipinski definition) is 1. The predicted octanol–water partition coefficient (Wildman–Crippen LogP) is 4.34. The second-order valence-electron chi connectivity index (χ2n) is 6.22. The van der Waals surface area contributed by atoms with Crippen LogP contribution in [-0.4, -0.2) is 23.6 Å². The minimum atomic E-state index is -0.698. The molecule has 1 amide bonds. The number of hydrogen-bond acceptors (Lipinski definition) is 5. The highest BCUT2D eigenvalue weighted by atomic mass is 35.5. The van der Waals surface area contributed by atoms with Crippen molar-refractivity contribution >= 4 is 23.5 Å². The number of halogens is 1. The van der Waals surface area contributed by atoms with Crippen LogP contribution < -0.4 is 5.32 Å². The summed E-state index contributed by atoms with van der Waals surface area (Å²) in [4.78, 5) is 24.7. The number of aryl methyl sites for hydroxylation is 1. The normalized spacial score (nSPS) is 11.7. The van der Waals surface area contributed by atoms with E-state index in [0.29, 0.717) is 10.6 Å². The van der Waals surface area contributed by atoms with Gasteiger partial charge in [0.1, 0.15) is 17.0 Å². The molecule has 0 saturated carbocycles. The molecule has 1 aromatic heterocycles. The highest BCUT2D eigenvalue weighted by Gasteiger charge is 2.25. The zero-order valence-electron chi connectivity index (χ0n) is 15.4. The number of ether oxygens (including phenoxy) is 1. The van der Waals surface area contributed by atoms with E-state index in [1.54, 1.807) is 31.2 Å². The molecule has 0 aliphatic rings. The van der Waals surface area contributed by atoms with E-state index in [1.165, 1.54) is 0 Å². The second kappa shape index (κ2) is 8.71. The average Bonchev–Trinajstić information content (AvgIpc) is 3.08. The molecule has 6 nitrogen and oxygen atoms in total. The molecule has 0 aliphatic heterocycles. The predicted molar refractivity (Wildman–Crippen MR) is 105 cm³/mol. The van der Waals surface area contributed by atoms with Crippen LogP contribution in [0.2, 0.25) is 5.02 Å². The van der Waals surface area contributed by atoms with Crippen molar-refractivity contribution in [2.75, 3.05) is 6.61 Å². The van der Waals surface area contributed by atoms with Gasteiger partial charge in [-0.05, 0) is 25.5 Å². The fraction of sp³-hybridized carbons (Fsp3) is 0.190. The molecule has 0 fully saturated rings. The number of nitrogens with one attached hydrogen (secondary N) is 1. The van der Waals surface area contributed by atoms with Gasteiger partial charge < -0.3 is 14.6 Å². The summed E-state index contributed by atoms with van der Waals surface area (Å²) < 4.78 is 10.3. The number of amides is 1. The summed E-state index contributed by atoms with van der Waals surface area (Å²) in [5, 5.41) is 7.14. The van der Waals surface area contributed by atoms with Gasteiger partial charge in [0.15, 0.2) is 6.61 Å². The lowest BCUT2D eigenvalue weighted by molar-refractivity contribution is -0.124. The number of rotatable bonds is 6. The number of carbonyl (C=O) groups excluding carboxylic acids is 2. The Hall–Kier alpha value is -3.12. The Morgan fingerprint density at radius 2 is 1.82 bits per heavy atom. The van der Waals surface area contributed by atoms with Gasteiger partial charge in [0, 0.05) is 5.56 Å². The third kappa shape index (κ3) is 4.40. The number of carbonyl (C=O) groups is 2. The van der Waals surface area contributed by atoms with Crippen LogP contribution in [0.3, 0.4) is 0 Å². The van der Waals surface area contributed by atoms with E-state index in [2.05, 4.69) is 10.5 Å². The van der Waals surface area contributed by atoms with Crippen molar-refractivity contribution in [1.29, 1.82) is 0 Å². The van der Waals surface area contributed by atoms with Crippen LogP contribution in [0.15, 0.2) is 59.1 Å². The Labute approximate surface area is 167 Å². The summed E-state index contributed by atoms with van der Waals surface area (Å²) in [5.41, 5.74) is 1.94. The fourth-order valence-electron chi connectivity index (χ4n) is 2.76. The summed E-state index contributed by atoms with van der Waals surface area (Å²) in [5.74, 6) is -0.813. The molecule has 0 unspecified atom stereocenters. The van der Waals surface area contributed by atoms with Crippen LogP contribution >= 0.6 is 11.6 Å². The molecule has 0 radical (unpaired) electrons. The van der Waals surface area contributed by atoms with Gasteiger partial charge in [-0.3, -0.25) is 4.79 Å². The van der Waals surface area contributed by atoms with Crippen molar-refractivity contribution in [3.8, 4) is 11.3 Å². The topological polar surface area (TPSA) is 81.4 Å². The third-order valence-corrected chi connectivity index (χ3v) is 4.54. The minimum Gasteiger partial charge on any atom is -0.452 e. The molecule has 1 N–H and O–H groups in total. The Morgan fingerprint density at radius 3 is 2.54 bits per heavy atom. The SMILES string of the molecule is Cc1onc(-c2ccccc2Cl)c1C(=O)OCC(=O)N[C@@H](C)c1ccccc1. The van der Waals surface area contributed by atoms with Gasteiger partial charge in [-0.1, -0.05) is 65.3 Å². The lowest BCUT2D eigenvalue weighted by Crippen LogP contribution is -2.31. The number of nitrogens with zero attached hydrogens (tertiary/aromatic N) is 1. The smallest absolute Gasteiger partial charge is 0.344 e. The molecule has 2 aromatic carbocycles. The zero-order chi connectivity index (χ0) is 20.1. The zero-order valence-corrected chi connectivity index (χ0v) is 16.2. The first-order chi connectivity index (χ1) is 13.5. The maximum absolute atomic E-state index is 12.5. The van der Waals surface area contributed by atoms with Crippen molar-refractivity contribution in [3.63, 3.8) is 0 Å². The summed E-state index contributed by atoms with van der Waals surface area (Å²) in [6.45, 7) is 3.04. The molecular formula is C21H19ClN2O4. The molecule has 0 aliphatic carbocycles. The van der Waals surface area contributed by atoms with Gasteiger partial charge >= 0.3 is 5.97 Å². The van der Waals surface area contributed by atoms with Gasteiger partial charge in [0.25, 0.3) is 5.91 Å². The van der Waals surface area contributed by atoms with Crippen molar-refractivity contribution < 1.29 is 18.8 Å². The molecule has 3 rings (SSSR count). The van der Waals surface area contributed by atoms with Crippen molar-refractivity contribution in [3.05, 3.63) is 76.5 Å². The Balaban J connectivity index is 1.67. The Bertz CT molecular complexity index is 985. The Kier molecular flexibility index (Phi) is 6.11. The molecule has 0 saturated heterocycles. The van der Waals surface area contributed by atoms with Crippen LogP contribution in [0, 0.1) is 6.92 Å². The van der Waals surface area contributed by atoms with E-state index >= 15 is 0 Å². The largest absolute Gasteiger partial charge is 0.452 e. The van der Waals surface area contributed by atoms with Crippen LogP contribution in [0.1, 0.15) is 34.6 Å². The molecule has 1 atom stereocenters. The third-order valence-electron chi connectivity index (χ3n) is 4.21. The van der Waals surface area contributed by atoms with Gasteiger partial charge in [-0.25, -0.2) is 4.79 Å². The maximum Gasteiger partial charge on any atom is 0.344 e. The molecule has 3 aromatic rings. The molecule has 0 spiro atoms.